The van der Waals surface area contributed by atoms with E-state index in [-0.39, 0.29) is 0 Å². The van der Waals surface area contributed by atoms with Gasteiger partial charge in [0, 0.05) is 37.3 Å². The normalized spacial score (nSPS) is 12.5. The van der Waals surface area contributed by atoms with Gasteiger partial charge in [-0.15, -0.1) is 0 Å². The molecule has 1 atom stereocenters. The van der Waals surface area contributed by atoms with E-state index in [9.17, 15) is 0 Å². The van der Waals surface area contributed by atoms with E-state index in [1.807, 2.05) is 24.0 Å². The van der Waals surface area contributed by atoms with E-state index in [4.69, 9.17) is 4.74 Å². The lowest BCUT2D eigenvalue weighted by molar-refractivity contribution is 0.144. The maximum atomic E-state index is 5.33. The van der Waals surface area contributed by atoms with Gasteiger partial charge in [-0.2, -0.15) is 0 Å². The Morgan fingerprint density at radius 2 is 2.10 bits per heavy atom. The van der Waals surface area contributed by atoms with E-state index >= 15 is 0 Å². The molecule has 0 amide bonds. The second-order valence-electron chi connectivity index (χ2n) is 4.79. The zero-order chi connectivity index (χ0) is 14.2. The summed E-state index contributed by atoms with van der Waals surface area (Å²) in [5.41, 5.74) is 2.43. The molecular formula is C16H23N3O. The fourth-order valence-corrected chi connectivity index (χ4v) is 2.10. The Morgan fingerprint density at radius 3 is 2.75 bits per heavy atom. The molecule has 0 bridgehead atoms. The highest BCUT2D eigenvalue weighted by Crippen LogP contribution is 2.15. The van der Waals surface area contributed by atoms with Gasteiger partial charge in [0.15, 0.2) is 0 Å². The lowest BCUT2D eigenvalue weighted by Gasteiger charge is -2.15. The highest BCUT2D eigenvalue weighted by molar-refractivity contribution is 5.35. The summed E-state index contributed by atoms with van der Waals surface area (Å²) >= 11 is 0. The molecule has 0 aliphatic carbocycles. The Kier molecular flexibility index (Phi) is 5.77. The van der Waals surface area contributed by atoms with Gasteiger partial charge in [0.1, 0.15) is 0 Å². The second-order valence-corrected chi connectivity index (χ2v) is 4.79. The van der Waals surface area contributed by atoms with Crippen molar-refractivity contribution in [3.63, 3.8) is 0 Å². The molecule has 0 spiro atoms. The molecule has 20 heavy (non-hydrogen) atoms. The Balaban J connectivity index is 1.83. The van der Waals surface area contributed by atoms with Crippen LogP contribution in [0.25, 0.3) is 5.69 Å². The molecule has 0 saturated carbocycles. The molecular weight excluding hydrogens is 250 g/mol. The van der Waals surface area contributed by atoms with Crippen LogP contribution in [0.4, 0.5) is 0 Å². The van der Waals surface area contributed by atoms with E-state index < -0.39 is 0 Å². The predicted molar refractivity (Wildman–Crippen MR) is 81.1 cm³/mol. The summed E-state index contributed by atoms with van der Waals surface area (Å²) in [7, 11) is 0. The summed E-state index contributed by atoms with van der Waals surface area (Å²) < 4.78 is 7.33. The Morgan fingerprint density at radius 1 is 1.30 bits per heavy atom. The number of nitrogens with zero attached hydrogens (tertiary/aromatic N) is 2. The third-order valence-corrected chi connectivity index (χ3v) is 3.32. The summed E-state index contributed by atoms with van der Waals surface area (Å²) in [6.07, 6.45) is 6.59. The highest BCUT2D eigenvalue weighted by atomic mass is 16.5. The minimum absolute atomic E-state index is 0.355. The second kappa shape index (κ2) is 7.82. The summed E-state index contributed by atoms with van der Waals surface area (Å²) in [4.78, 5) is 4.06. The van der Waals surface area contributed by atoms with Crippen molar-refractivity contribution in [1.82, 2.24) is 14.9 Å². The molecule has 1 aromatic carbocycles. The highest BCUT2D eigenvalue weighted by Gasteiger charge is 2.04. The first-order chi connectivity index (χ1) is 9.81. The van der Waals surface area contributed by atoms with Crippen molar-refractivity contribution < 1.29 is 4.74 Å². The summed E-state index contributed by atoms with van der Waals surface area (Å²) in [6.45, 7) is 6.82. The van der Waals surface area contributed by atoms with Gasteiger partial charge in [-0.3, -0.25) is 0 Å². The van der Waals surface area contributed by atoms with Crippen LogP contribution in [0, 0.1) is 0 Å². The van der Waals surface area contributed by atoms with E-state index in [1.165, 1.54) is 5.56 Å². The third-order valence-electron chi connectivity index (χ3n) is 3.32. The van der Waals surface area contributed by atoms with Crippen LogP contribution >= 0.6 is 0 Å². The van der Waals surface area contributed by atoms with E-state index in [0.717, 1.165) is 31.9 Å². The van der Waals surface area contributed by atoms with Crippen molar-refractivity contribution in [3.05, 3.63) is 48.5 Å². The van der Waals surface area contributed by atoms with Gasteiger partial charge in [-0.25, -0.2) is 4.98 Å². The van der Waals surface area contributed by atoms with Crippen LogP contribution in [0.15, 0.2) is 43.0 Å². The van der Waals surface area contributed by atoms with Crippen LogP contribution in [0.5, 0.6) is 0 Å². The van der Waals surface area contributed by atoms with Crippen molar-refractivity contribution in [3.8, 4) is 5.69 Å². The number of rotatable bonds is 8. The molecule has 1 unspecified atom stereocenters. The number of ether oxygens (including phenoxy) is 1. The SMILES string of the molecule is CCOCCCNC(C)c1ccc(-n2ccnc2)cc1. The van der Waals surface area contributed by atoms with Crippen LogP contribution < -0.4 is 5.32 Å². The van der Waals surface area contributed by atoms with Crippen molar-refractivity contribution in [2.45, 2.75) is 26.3 Å². The van der Waals surface area contributed by atoms with Gasteiger partial charge in [0.05, 0.1) is 6.33 Å². The number of hydrogen-bond donors (Lipinski definition) is 1. The van der Waals surface area contributed by atoms with Crippen LogP contribution in [-0.4, -0.2) is 29.3 Å². The molecule has 0 saturated heterocycles. The molecule has 2 rings (SSSR count). The fraction of sp³-hybridized carbons (Fsp3) is 0.438. The quantitative estimate of drug-likeness (QED) is 0.752. The van der Waals surface area contributed by atoms with E-state index in [1.54, 1.807) is 6.20 Å². The average Bonchev–Trinajstić information content (AvgIpc) is 3.01. The Hall–Kier alpha value is -1.65. The first-order valence-electron chi connectivity index (χ1n) is 7.20. The third kappa shape index (κ3) is 4.18. The van der Waals surface area contributed by atoms with Crippen molar-refractivity contribution >= 4 is 0 Å². The first kappa shape index (κ1) is 14.8. The lowest BCUT2D eigenvalue weighted by atomic mass is 10.1. The van der Waals surface area contributed by atoms with E-state index in [0.29, 0.717) is 6.04 Å². The molecule has 2 aromatic rings. The van der Waals surface area contributed by atoms with Crippen LogP contribution in [-0.2, 0) is 4.74 Å². The smallest absolute Gasteiger partial charge is 0.0991 e. The molecule has 1 heterocycles. The zero-order valence-electron chi connectivity index (χ0n) is 12.2. The van der Waals surface area contributed by atoms with Crippen molar-refractivity contribution in [1.29, 1.82) is 0 Å². The molecule has 1 aromatic heterocycles. The molecule has 0 aliphatic heterocycles. The van der Waals surface area contributed by atoms with Gasteiger partial charge < -0.3 is 14.6 Å². The number of benzene rings is 1. The summed E-state index contributed by atoms with van der Waals surface area (Å²) in [6, 6.07) is 8.92. The van der Waals surface area contributed by atoms with Gasteiger partial charge in [-0.1, -0.05) is 12.1 Å². The number of imidazole rings is 1. The number of aromatic nitrogens is 2. The minimum atomic E-state index is 0.355. The molecule has 4 heteroatoms. The fourth-order valence-electron chi connectivity index (χ4n) is 2.10. The van der Waals surface area contributed by atoms with Gasteiger partial charge in [-0.05, 0) is 44.5 Å². The topological polar surface area (TPSA) is 39.1 Å². The Bertz CT molecular complexity index is 479. The van der Waals surface area contributed by atoms with Crippen LogP contribution in [0.3, 0.4) is 0 Å². The van der Waals surface area contributed by atoms with E-state index in [2.05, 4.69) is 41.5 Å². The number of hydrogen-bond acceptors (Lipinski definition) is 3. The molecule has 1 N–H and O–H groups in total. The summed E-state index contributed by atoms with van der Waals surface area (Å²) in [5.74, 6) is 0. The maximum absolute atomic E-state index is 5.33. The lowest BCUT2D eigenvalue weighted by Crippen LogP contribution is -2.21. The summed E-state index contributed by atoms with van der Waals surface area (Å²) in [5, 5.41) is 3.51. The first-order valence-corrected chi connectivity index (χ1v) is 7.20. The standard InChI is InChI=1S/C16H23N3O/c1-3-20-12-4-9-18-14(2)15-5-7-16(8-6-15)19-11-10-17-13-19/h5-8,10-11,13-14,18H,3-4,9,12H2,1-2H3. The zero-order valence-corrected chi connectivity index (χ0v) is 12.2. The van der Waals surface area contributed by atoms with Crippen LogP contribution in [0.2, 0.25) is 0 Å². The van der Waals surface area contributed by atoms with Crippen LogP contribution in [0.1, 0.15) is 31.9 Å². The van der Waals surface area contributed by atoms with Gasteiger partial charge in [0.25, 0.3) is 0 Å². The molecule has 0 radical (unpaired) electrons. The van der Waals surface area contributed by atoms with Gasteiger partial charge in [0.2, 0.25) is 0 Å². The van der Waals surface area contributed by atoms with Crippen molar-refractivity contribution in [2.24, 2.45) is 0 Å². The molecule has 4 nitrogen and oxygen atoms in total. The maximum Gasteiger partial charge on any atom is 0.0991 e. The van der Waals surface area contributed by atoms with Crippen molar-refractivity contribution in [2.75, 3.05) is 19.8 Å². The average molecular weight is 273 g/mol. The van der Waals surface area contributed by atoms with Gasteiger partial charge >= 0.3 is 0 Å². The monoisotopic (exact) mass is 273 g/mol. The molecule has 108 valence electrons. The largest absolute Gasteiger partial charge is 0.382 e. The Labute approximate surface area is 120 Å². The molecule has 0 fully saturated rings. The molecule has 0 aliphatic rings. The number of nitrogens with one attached hydrogen (secondary N) is 1. The minimum Gasteiger partial charge on any atom is -0.382 e. The predicted octanol–water partition coefficient (Wildman–Crippen LogP) is 2.95.